The summed E-state index contributed by atoms with van der Waals surface area (Å²) in [7, 11) is 1.86. The van der Waals surface area contributed by atoms with Crippen LogP contribution in [0, 0.1) is 0 Å². The summed E-state index contributed by atoms with van der Waals surface area (Å²) in [5, 5.41) is 4.21. The molecule has 0 amide bonds. The Morgan fingerprint density at radius 3 is 2.58 bits per heavy atom. The van der Waals surface area contributed by atoms with Gasteiger partial charge in [-0.25, -0.2) is 9.50 Å². The number of imidazole rings is 1. The predicted molar refractivity (Wildman–Crippen MR) is 87.9 cm³/mol. The molecule has 8 heteroatoms. The van der Waals surface area contributed by atoms with E-state index in [0.29, 0.717) is 16.8 Å². The second kappa shape index (κ2) is 4.87. The van der Waals surface area contributed by atoms with Gasteiger partial charge in [0.1, 0.15) is 11.3 Å². The van der Waals surface area contributed by atoms with Crippen LogP contribution in [0.3, 0.4) is 0 Å². The van der Waals surface area contributed by atoms with E-state index in [0.717, 1.165) is 17.3 Å². The minimum atomic E-state index is -4.39. The molecule has 3 heterocycles. The van der Waals surface area contributed by atoms with Gasteiger partial charge >= 0.3 is 6.18 Å². The number of aryl methyl sites for hydroxylation is 1. The fraction of sp³-hybridized carbons (Fsp3) is 0.111. The van der Waals surface area contributed by atoms with Crippen molar-refractivity contribution in [2.75, 3.05) is 0 Å². The molecule has 0 bridgehead atoms. The molecule has 130 valence electrons. The fourth-order valence-corrected chi connectivity index (χ4v) is 3.04. The lowest BCUT2D eigenvalue weighted by molar-refractivity contribution is -0.136. The third-order valence-corrected chi connectivity index (χ3v) is 4.32. The summed E-state index contributed by atoms with van der Waals surface area (Å²) in [4.78, 5) is 4.30. The van der Waals surface area contributed by atoms with Crippen molar-refractivity contribution in [2.24, 2.45) is 7.05 Å². The van der Waals surface area contributed by atoms with E-state index in [1.165, 1.54) is 6.07 Å². The van der Waals surface area contributed by atoms with Crippen LogP contribution < -0.4 is 4.74 Å². The highest BCUT2D eigenvalue weighted by molar-refractivity contribution is 5.91. The highest BCUT2D eigenvalue weighted by atomic mass is 19.4. The predicted octanol–water partition coefficient (Wildman–Crippen LogP) is 4.53. The summed E-state index contributed by atoms with van der Waals surface area (Å²) in [5.41, 5.74) is 2.18. The van der Waals surface area contributed by atoms with E-state index in [4.69, 9.17) is 4.74 Å². The van der Waals surface area contributed by atoms with E-state index in [1.54, 1.807) is 35.4 Å². The zero-order valence-corrected chi connectivity index (χ0v) is 13.4. The topological polar surface area (TPSA) is 44.3 Å². The number of hydrogen-bond donors (Lipinski definition) is 0. The molecule has 0 fully saturated rings. The van der Waals surface area contributed by atoms with Gasteiger partial charge in [-0.1, -0.05) is 0 Å². The zero-order valence-electron chi connectivity index (χ0n) is 13.4. The standard InChI is InChI=1S/C18H11F3N4O/c1-24-8-14(22-9-24)10-4-17(15-2-3-23-25(15)7-10)26-16-6-13(18(19,20)21)11-5-12(11)16/h2-9H,1H3. The van der Waals surface area contributed by atoms with Crippen LogP contribution in [-0.4, -0.2) is 19.2 Å². The van der Waals surface area contributed by atoms with Gasteiger partial charge in [-0.05, 0) is 29.8 Å². The van der Waals surface area contributed by atoms with Gasteiger partial charge in [-0.3, -0.25) is 0 Å². The molecular weight excluding hydrogens is 345 g/mol. The SMILES string of the molecule is Cn1cnc(-c2cc(Oc3cc(C(F)(F)F)c4cc3-4)c3ccnn3c2)c1. The van der Waals surface area contributed by atoms with Crippen LogP contribution in [0.15, 0.2) is 49.2 Å². The number of benzene rings is 1. The van der Waals surface area contributed by atoms with E-state index in [2.05, 4.69) is 10.1 Å². The minimum Gasteiger partial charge on any atom is -0.454 e. The third kappa shape index (κ3) is 2.26. The summed E-state index contributed by atoms with van der Waals surface area (Å²) in [6.45, 7) is 0. The van der Waals surface area contributed by atoms with Crippen LogP contribution >= 0.6 is 0 Å². The highest BCUT2D eigenvalue weighted by Crippen LogP contribution is 2.53. The number of fused-ring (bicyclic) bond motifs is 2. The molecule has 2 aliphatic rings. The van der Waals surface area contributed by atoms with Gasteiger partial charge in [0, 0.05) is 30.6 Å². The molecule has 0 N–H and O–H groups in total. The largest absolute Gasteiger partial charge is 0.454 e. The van der Waals surface area contributed by atoms with E-state index in [-0.39, 0.29) is 11.3 Å². The fourth-order valence-electron chi connectivity index (χ4n) is 3.04. The van der Waals surface area contributed by atoms with E-state index >= 15 is 0 Å². The van der Waals surface area contributed by atoms with Gasteiger partial charge in [0.2, 0.25) is 0 Å². The van der Waals surface area contributed by atoms with Crippen molar-refractivity contribution in [1.82, 2.24) is 19.2 Å². The molecule has 2 aliphatic carbocycles. The van der Waals surface area contributed by atoms with Crippen LogP contribution in [0.5, 0.6) is 11.5 Å². The van der Waals surface area contributed by atoms with Crippen molar-refractivity contribution in [2.45, 2.75) is 6.18 Å². The van der Waals surface area contributed by atoms with E-state index in [1.807, 2.05) is 17.8 Å². The molecule has 0 saturated carbocycles. The highest BCUT2D eigenvalue weighted by Gasteiger charge is 2.41. The van der Waals surface area contributed by atoms with Gasteiger partial charge in [-0.2, -0.15) is 18.3 Å². The molecule has 3 aromatic heterocycles. The quantitative estimate of drug-likeness (QED) is 0.477. The molecule has 26 heavy (non-hydrogen) atoms. The van der Waals surface area contributed by atoms with Crippen molar-refractivity contribution in [3.63, 3.8) is 0 Å². The minimum absolute atomic E-state index is 0.202. The van der Waals surface area contributed by atoms with Gasteiger partial charge in [0.05, 0.1) is 23.8 Å². The number of halogens is 3. The van der Waals surface area contributed by atoms with E-state index in [9.17, 15) is 13.2 Å². The van der Waals surface area contributed by atoms with E-state index < -0.39 is 11.7 Å². The number of hydrogen-bond acceptors (Lipinski definition) is 3. The second-order valence-corrected chi connectivity index (χ2v) is 6.17. The molecule has 0 radical (unpaired) electrons. The summed E-state index contributed by atoms with van der Waals surface area (Å²) in [6, 6.07) is 6.03. The molecule has 0 spiro atoms. The molecule has 0 aliphatic heterocycles. The molecule has 0 aromatic carbocycles. The lowest BCUT2D eigenvalue weighted by atomic mass is 10.2. The van der Waals surface area contributed by atoms with Crippen LogP contribution in [0.1, 0.15) is 5.56 Å². The maximum absolute atomic E-state index is 13.0. The third-order valence-electron chi connectivity index (χ3n) is 4.32. The van der Waals surface area contributed by atoms with Gasteiger partial charge in [0.15, 0.2) is 5.75 Å². The normalized spacial score (nSPS) is 12.6. The lowest BCUT2D eigenvalue weighted by Gasteiger charge is -2.09. The Hall–Kier alpha value is -3.29. The molecule has 5 nitrogen and oxygen atoms in total. The Balaban J connectivity index is 1.59. The van der Waals surface area contributed by atoms with Crippen molar-refractivity contribution in [3.05, 3.63) is 54.7 Å². The summed E-state index contributed by atoms with van der Waals surface area (Å²) in [5.74, 6) is 0.626. The first kappa shape index (κ1) is 15.0. The van der Waals surface area contributed by atoms with Crippen molar-refractivity contribution in [1.29, 1.82) is 0 Å². The average molecular weight is 356 g/mol. The Bertz CT molecular complexity index is 1170. The van der Waals surface area contributed by atoms with Crippen molar-refractivity contribution < 1.29 is 17.9 Å². The van der Waals surface area contributed by atoms with Gasteiger partial charge < -0.3 is 9.30 Å². The molecule has 0 saturated heterocycles. The summed E-state index contributed by atoms with van der Waals surface area (Å²) < 4.78 is 48.4. The van der Waals surface area contributed by atoms with Crippen LogP contribution in [-0.2, 0) is 13.2 Å². The molecule has 3 aromatic rings. The summed E-state index contributed by atoms with van der Waals surface area (Å²) in [6.07, 6.45) is 2.53. The zero-order chi connectivity index (χ0) is 18.1. The van der Waals surface area contributed by atoms with Gasteiger partial charge in [-0.15, -0.1) is 0 Å². The van der Waals surface area contributed by atoms with Crippen molar-refractivity contribution >= 4 is 5.52 Å². The number of nitrogens with zero attached hydrogens (tertiary/aromatic N) is 4. The average Bonchev–Trinajstić information content (AvgIpc) is 2.94. The second-order valence-electron chi connectivity index (χ2n) is 6.17. The van der Waals surface area contributed by atoms with Crippen LogP contribution in [0.25, 0.3) is 27.9 Å². The number of rotatable bonds is 3. The number of ether oxygens (including phenoxy) is 1. The number of alkyl halides is 3. The Morgan fingerprint density at radius 2 is 1.88 bits per heavy atom. The van der Waals surface area contributed by atoms with Crippen LogP contribution in [0.2, 0.25) is 0 Å². The maximum atomic E-state index is 13.0. The first-order valence-corrected chi connectivity index (χ1v) is 7.79. The molecule has 0 atom stereocenters. The molecule has 5 rings (SSSR count). The number of pyridine rings is 1. The molecule has 0 unspecified atom stereocenters. The van der Waals surface area contributed by atoms with Crippen LogP contribution in [0.4, 0.5) is 13.2 Å². The smallest absolute Gasteiger partial charge is 0.417 e. The molecular formula is C18H11F3N4O. The Kier molecular flexibility index (Phi) is 2.81. The number of aromatic nitrogens is 4. The lowest BCUT2D eigenvalue weighted by Crippen LogP contribution is -2.02. The first-order chi connectivity index (χ1) is 12.4. The first-order valence-electron chi connectivity index (χ1n) is 7.79. The van der Waals surface area contributed by atoms with Crippen molar-refractivity contribution in [3.8, 4) is 33.9 Å². The Labute approximate surface area is 145 Å². The maximum Gasteiger partial charge on any atom is 0.417 e. The Morgan fingerprint density at radius 1 is 1.04 bits per heavy atom. The monoisotopic (exact) mass is 356 g/mol. The summed E-state index contributed by atoms with van der Waals surface area (Å²) >= 11 is 0. The van der Waals surface area contributed by atoms with Gasteiger partial charge in [0.25, 0.3) is 0 Å².